The van der Waals surface area contributed by atoms with Gasteiger partial charge in [0.15, 0.2) is 0 Å². The number of rotatable bonds is 6. The third kappa shape index (κ3) is 4.83. The predicted octanol–water partition coefficient (Wildman–Crippen LogP) is 4.12. The molecule has 2 N–H and O–H groups in total. The lowest BCUT2D eigenvalue weighted by Gasteiger charge is -2.19. The molecule has 1 amide bonds. The van der Waals surface area contributed by atoms with E-state index in [1.807, 2.05) is 79.7 Å². The number of hydrogen-bond donors (Lipinski definition) is 2. The highest BCUT2D eigenvalue weighted by Gasteiger charge is 2.19. The van der Waals surface area contributed by atoms with E-state index in [1.54, 1.807) is 12.3 Å². The molecular formula is C23H20N4O. The van der Waals surface area contributed by atoms with Crippen molar-refractivity contribution in [2.75, 3.05) is 5.32 Å². The maximum absolute atomic E-state index is 12.7. The van der Waals surface area contributed by atoms with Crippen LogP contribution in [0.25, 0.3) is 0 Å². The van der Waals surface area contributed by atoms with Crippen molar-refractivity contribution in [1.82, 2.24) is 10.3 Å². The Morgan fingerprint density at radius 2 is 1.61 bits per heavy atom. The van der Waals surface area contributed by atoms with E-state index in [2.05, 4.69) is 15.6 Å². The number of aromatic nitrogens is 1. The molecule has 0 spiro atoms. The molecule has 0 unspecified atom stereocenters. The Morgan fingerprint density at radius 1 is 1.00 bits per heavy atom. The van der Waals surface area contributed by atoms with Crippen LogP contribution >= 0.6 is 0 Å². The van der Waals surface area contributed by atoms with Crippen molar-refractivity contribution in [2.24, 2.45) is 0 Å². The quantitative estimate of drug-likeness (QED) is 0.507. The van der Waals surface area contributed by atoms with Gasteiger partial charge in [0.25, 0.3) is 5.91 Å². The van der Waals surface area contributed by atoms with Crippen LogP contribution in [0.2, 0.25) is 0 Å². The van der Waals surface area contributed by atoms with Crippen molar-refractivity contribution in [3.63, 3.8) is 0 Å². The zero-order chi connectivity index (χ0) is 19.8. The summed E-state index contributed by atoms with van der Waals surface area (Å²) in [6, 6.07) is 24.6. The molecule has 0 saturated carbocycles. The zero-order valence-electron chi connectivity index (χ0n) is 15.5. The summed E-state index contributed by atoms with van der Waals surface area (Å²) in [7, 11) is 0. The summed E-state index contributed by atoms with van der Waals surface area (Å²) >= 11 is 0. The first-order valence-electron chi connectivity index (χ1n) is 8.87. The standard InChI is InChI=1S/C23H20N4O/c1-17-12-13-21(25-15-17)26-16-20(14-24)23(28)27-22(18-8-4-2-5-9-18)19-10-6-3-7-11-19/h2-13,15-16,22H,1H3,(H,25,26)(H,27,28)/b20-16-. The SMILES string of the molecule is Cc1ccc(N/C=C(/C#N)C(=O)NC(c2ccccc2)c2ccccc2)nc1. The summed E-state index contributed by atoms with van der Waals surface area (Å²) in [4.78, 5) is 16.9. The average Bonchev–Trinajstić information content (AvgIpc) is 2.75. The molecule has 0 aliphatic carbocycles. The van der Waals surface area contributed by atoms with E-state index in [4.69, 9.17) is 0 Å². The number of nitrogens with one attached hydrogen (secondary N) is 2. The Hall–Kier alpha value is -3.91. The van der Waals surface area contributed by atoms with Crippen LogP contribution in [0.5, 0.6) is 0 Å². The summed E-state index contributed by atoms with van der Waals surface area (Å²) < 4.78 is 0. The molecule has 0 saturated heterocycles. The van der Waals surface area contributed by atoms with Gasteiger partial charge in [-0.3, -0.25) is 4.79 Å². The van der Waals surface area contributed by atoms with Crippen LogP contribution in [0.4, 0.5) is 5.82 Å². The van der Waals surface area contributed by atoms with Crippen LogP contribution in [-0.4, -0.2) is 10.9 Å². The fourth-order valence-electron chi connectivity index (χ4n) is 2.71. The number of anilines is 1. The van der Waals surface area contributed by atoms with Gasteiger partial charge in [-0.05, 0) is 29.7 Å². The number of nitrogens with zero attached hydrogens (tertiary/aromatic N) is 2. The summed E-state index contributed by atoms with van der Waals surface area (Å²) in [5.74, 6) is 0.105. The minimum atomic E-state index is -0.459. The molecule has 0 radical (unpaired) electrons. The largest absolute Gasteiger partial charge is 0.345 e. The molecule has 28 heavy (non-hydrogen) atoms. The fourth-order valence-corrected chi connectivity index (χ4v) is 2.71. The van der Waals surface area contributed by atoms with Crippen LogP contribution in [0.15, 0.2) is 90.8 Å². The van der Waals surface area contributed by atoms with Gasteiger partial charge in [0, 0.05) is 12.4 Å². The van der Waals surface area contributed by atoms with E-state index < -0.39 is 5.91 Å². The predicted molar refractivity (Wildman–Crippen MR) is 109 cm³/mol. The molecule has 1 heterocycles. The maximum Gasteiger partial charge on any atom is 0.264 e. The number of nitriles is 1. The van der Waals surface area contributed by atoms with Gasteiger partial charge >= 0.3 is 0 Å². The molecule has 1 aromatic heterocycles. The van der Waals surface area contributed by atoms with Crippen LogP contribution in [0, 0.1) is 18.3 Å². The first kappa shape index (κ1) is 18.9. The second-order valence-electron chi connectivity index (χ2n) is 6.26. The molecule has 5 nitrogen and oxygen atoms in total. The minimum Gasteiger partial charge on any atom is -0.345 e. The summed E-state index contributed by atoms with van der Waals surface area (Å²) in [5, 5.41) is 15.3. The molecule has 0 aliphatic rings. The van der Waals surface area contributed by atoms with Crippen molar-refractivity contribution in [3.05, 3.63) is 107 Å². The second-order valence-corrected chi connectivity index (χ2v) is 6.26. The molecule has 5 heteroatoms. The number of pyridine rings is 1. The van der Waals surface area contributed by atoms with E-state index in [-0.39, 0.29) is 11.6 Å². The number of hydrogen-bond acceptors (Lipinski definition) is 4. The highest BCUT2D eigenvalue weighted by molar-refractivity contribution is 5.98. The van der Waals surface area contributed by atoms with Crippen LogP contribution < -0.4 is 10.6 Å². The van der Waals surface area contributed by atoms with E-state index in [0.29, 0.717) is 5.82 Å². The Kier molecular flexibility index (Phi) is 6.17. The van der Waals surface area contributed by atoms with Gasteiger partial charge in [-0.15, -0.1) is 0 Å². The minimum absolute atomic E-state index is 0.0285. The normalized spacial score (nSPS) is 11.0. The summed E-state index contributed by atoms with van der Waals surface area (Å²) in [5.41, 5.74) is 2.88. The van der Waals surface area contributed by atoms with Crippen LogP contribution in [-0.2, 0) is 4.79 Å². The second kappa shape index (κ2) is 9.15. The molecule has 3 aromatic rings. The Morgan fingerprint density at radius 3 is 2.11 bits per heavy atom. The molecule has 2 aromatic carbocycles. The van der Waals surface area contributed by atoms with Gasteiger partial charge < -0.3 is 10.6 Å². The van der Waals surface area contributed by atoms with Gasteiger partial charge in [-0.25, -0.2) is 4.98 Å². The Balaban J connectivity index is 1.81. The first-order valence-corrected chi connectivity index (χ1v) is 8.87. The topological polar surface area (TPSA) is 77.8 Å². The molecule has 138 valence electrons. The van der Waals surface area contributed by atoms with Crippen molar-refractivity contribution in [3.8, 4) is 6.07 Å². The molecule has 0 atom stereocenters. The lowest BCUT2D eigenvalue weighted by Crippen LogP contribution is -2.30. The van der Waals surface area contributed by atoms with Crippen molar-refractivity contribution in [2.45, 2.75) is 13.0 Å². The van der Waals surface area contributed by atoms with Crippen molar-refractivity contribution >= 4 is 11.7 Å². The highest BCUT2D eigenvalue weighted by Crippen LogP contribution is 2.22. The van der Waals surface area contributed by atoms with Crippen molar-refractivity contribution < 1.29 is 4.79 Å². The third-order valence-electron chi connectivity index (χ3n) is 4.18. The Bertz CT molecular complexity index is 951. The average molecular weight is 368 g/mol. The fraction of sp³-hybridized carbons (Fsp3) is 0.0870. The Labute approximate surface area is 164 Å². The first-order chi connectivity index (χ1) is 13.7. The monoisotopic (exact) mass is 368 g/mol. The van der Waals surface area contributed by atoms with Gasteiger partial charge in [0.05, 0.1) is 6.04 Å². The number of benzene rings is 2. The lowest BCUT2D eigenvalue weighted by molar-refractivity contribution is -0.117. The molecular weight excluding hydrogens is 348 g/mol. The molecule has 3 rings (SSSR count). The number of aryl methyl sites for hydroxylation is 1. The number of amides is 1. The number of carbonyl (C=O) groups excluding carboxylic acids is 1. The van der Waals surface area contributed by atoms with Gasteiger partial charge in [0.2, 0.25) is 0 Å². The molecule has 0 aliphatic heterocycles. The van der Waals surface area contributed by atoms with Gasteiger partial charge in [-0.2, -0.15) is 5.26 Å². The van der Waals surface area contributed by atoms with E-state index in [9.17, 15) is 10.1 Å². The number of carbonyl (C=O) groups is 1. The lowest BCUT2D eigenvalue weighted by atomic mass is 9.98. The van der Waals surface area contributed by atoms with Crippen molar-refractivity contribution in [1.29, 1.82) is 5.26 Å². The maximum atomic E-state index is 12.7. The van der Waals surface area contributed by atoms with Gasteiger partial charge in [-0.1, -0.05) is 66.7 Å². The summed E-state index contributed by atoms with van der Waals surface area (Å²) in [6.07, 6.45) is 3.09. The van der Waals surface area contributed by atoms with Gasteiger partial charge in [0.1, 0.15) is 17.5 Å². The molecule has 0 fully saturated rings. The third-order valence-corrected chi connectivity index (χ3v) is 4.18. The highest BCUT2D eigenvalue weighted by atomic mass is 16.1. The van der Waals surface area contributed by atoms with Crippen LogP contribution in [0.1, 0.15) is 22.7 Å². The van der Waals surface area contributed by atoms with E-state index >= 15 is 0 Å². The van der Waals surface area contributed by atoms with E-state index in [0.717, 1.165) is 16.7 Å². The van der Waals surface area contributed by atoms with E-state index in [1.165, 1.54) is 6.20 Å². The smallest absolute Gasteiger partial charge is 0.264 e. The van der Waals surface area contributed by atoms with Crippen LogP contribution in [0.3, 0.4) is 0 Å². The zero-order valence-corrected chi connectivity index (χ0v) is 15.5. The summed E-state index contributed by atoms with van der Waals surface area (Å²) in [6.45, 7) is 1.94. The molecule has 0 bridgehead atoms.